The van der Waals surface area contributed by atoms with Crippen molar-refractivity contribution in [3.63, 3.8) is 0 Å². The lowest BCUT2D eigenvalue weighted by Crippen LogP contribution is -2.48. The lowest BCUT2D eigenvalue weighted by Gasteiger charge is -2.34. The van der Waals surface area contributed by atoms with Gasteiger partial charge in [-0.05, 0) is 24.3 Å². The first-order valence-corrected chi connectivity index (χ1v) is 9.19. The number of methoxy groups -OCH3 is 1. The minimum Gasteiger partial charge on any atom is -0.468 e. The van der Waals surface area contributed by atoms with Crippen LogP contribution in [-0.2, 0) is 26.3 Å². The number of benzene rings is 1. The van der Waals surface area contributed by atoms with Gasteiger partial charge in [-0.3, -0.25) is 4.79 Å². The number of carbonyl (C=O) groups excluding carboxylic acids is 1. The van der Waals surface area contributed by atoms with Gasteiger partial charge in [-0.2, -0.15) is 17.0 Å². The largest absolute Gasteiger partial charge is 0.468 e. The molecule has 1 heterocycles. The molecular weight excluding hydrogens is 316 g/mol. The summed E-state index contributed by atoms with van der Waals surface area (Å²) >= 11 is 0. The van der Waals surface area contributed by atoms with Crippen LogP contribution < -0.4 is 0 Å². The monoisotopic (exact) mass is 340 g/mol. The standard InChI is InChI=1S/C16H24N2O4S/c1-14-7-6-10-17(11-14)23(20,21)18(13-16(19)22-2)12-15-8-4-3-5-9-15/h3-5,8-9,14H,6-7,10-13H2,1-2H3. The SMILES string of the molecule is COC(=O)CN(Cc1ccccc1)S(=O)(=O)N1CCCC(C)C1. The minimum atomic E-state index is -3.69. The molecule has 0 saturated carbocycles. The average Bonchev–Trinajstić information content (AvgIpc) is 2.55. The molecule has 1 fully saturated rings. The Kier molecular flexibility index (Phi) is 6.15. The highest BCUT2D eigenvalue weighted by Gasteiger charge is 2.33. The summed E-state index contributed by atoms with van der Waals surface area (Å²) in [4.78, 5) is 11.7. The van der Waals surface area contributed by atoms with Crippen molar-refractivity contribution >= 4 is 16.2 Å². The number of ether oxygens (including phenoxy) is 1. The van der Waals surface area contributed by atoms with Crippen molar-refractivity contribution in [2.75, 3.05) is 26.7 Å². The number of piperidine rings is 1. The summed E-state index contributed by atoms with van der Waals surface area (Å²) in [5, 5.41) is 0. The van der Waals surface area contributed by atoms with Crippen molar-refractivity contribution in [3.05, 3.63) is 35.9 Å². The molecular formula is C16H24N2O4S. The quantitative estimate of drug-likeness (QED) is 0.739. The maximum atomic E-state index is 12.9. The van der Waals surface area contributed by atoms with E-state index < -0.39 is 16.2 Å². The number of esters is 1. The fraction of sp³-hybridized carbons (Fsp3) is 0.562. The van der Waals surface area contributed by atoms with Crippen molar-refractivity contribution in [1.29, 1.82) is 0 Å². The number of nitrogens with zero attached hydrogens (tertiary/aromatic N) is 2. The molecule has 0 N–H and O–H groups in total. The summed E-state index contributed by atoms with van der Waals surface area (Å²) < 4.78 is 33.2. The Morgan fingerprint density at radius 1 is 1.35 bits per heavy atom. The number of hydrogen-bond donors (Lipinski definition) is 0. The van der Waals surface area contributed by atoms with E-state index in [4.69, 9.17) is 0 Å². The number of rotatable bonds is 6. The molecule has 0 aliphatic carbocycles. The Hall–Kier alpha value is -1.44. The number of carbonyl (C=O) groups is 1. The third-order valence-corrected chi connectivity index (χ3v) is 5.90. The van der Waals surface area contributed by atoms with Crippen molar-refractivity contribution in [3.8, 4) is 0 Å². The molecule has 1 aromatic carbocycles. The Labute approximate surface area is 138 Å². The van der Waals surface area contributed by atoms with Crippen LogP contribution in [0.25, 0.3) is 0 Å². The molecule has 6 nitrogen and oxygen atoms in total. The van der Waals surface area contributed by atoms with Gasteiger partial charge in [0, 0.05) is 19.6 Å². The zero-order valence-corrected chi connectivity index (χ0v) is 14.5. The summed E-state index contributed by atoms with van der Waals surface area (Å²) in [6.45, 7) is 2.92. The zero-order valence-electron chi connectivity index (χ0n) is 13.6. The van der Waals surface area contributed by atoms with Gasteiger partial charge in [0.2, 0.25) is 0 Å². The van der Waals surface area contributed by atoms with Crippen molar-refractivity contribution < 1.29 is 17.9 Å². The highest BCUT2D eigenvalue weighted by atomic mass is 32.2. The smallest absolute Gasteiger partial charge is 0.321 e. The minimum absolute atomic E-state index is 0.156. The van der Waals surface area contributed by atoms with Gasteiger partial charge in [-0.25, -0.2) is 0 Å². The second-order valence-corrected chi connectivity index (χ2v) is 7.87. The fourth-order valence-electron chi connectivity index (χ4n) is 2.73. The van der Waals surface area contributed by atoms with Gasteiger partial charge in [-0.1, -0.05) is 37.3 Å². The van der Waals surface area contributed by atoms with Gasteiger partial charge >= 0.3 is 5.97 Å². The van der Waals surface area contributed by atoms with Gasteiger partial charge in [0.25, 0.3) is 10.2 Å². The van der Waals surface area contributed by atoms with E-state index in [9.17, 15) is 13.2 Å². The normalized spacial score (nSPS) is 19.7. The first-order valence-electron chi connectivity index (χ1n) is 7.79. The molecule has 23 heavy (non-hydrogen) atoms. The Morgan fingerprint density at radius 3 is 2.65 bits per heavy atom. The van der Waals surface area contributed by atoms with Crippen LogP contribution in [0.3, 0.4) is 0 Å². The predicted octanol–water partition coefficient (Wildman–Crippen LogP) is 1.64. The van der Waals surface area contributed by atoms with E-state index in [1.165, 1.54) is 15.7 Å². The molecule has 1 aliphatic heterocycles. The Balaban J connectivity index is 2.22. The molecule has 2 rings (SSSR count). The van der Waals surface area contributed by atoms with Crippen LogP contribution in [-0.4, -0.2) is 49.7 Å². The summed E-state index contributed by atoms with van der Waals surface area (Å²) in [7, 11) is -2.43. The molecule has 1 atom stereocenters. The third-order valence-electron chi connectivity index (χ3n) is 4.01. The van der Waals surface area contributed by atoms with Crippen LogP contribution in [0, 0.1) is 5.92 Å². The first-order chi connectivity index (χ1) is 10.9. The molecule has 1 aliphatic rings. The maximum absolute atomic E-state index is 12.9. The summed E-state index contributed by atoms with van der Waals surface area (Å²) in [5.74, 6) is -0.232. The van der Waals surface area contributed by atoms with E-state index in [-0.39, 0.29) is 13.1 Å². The predicted molar refractivity (Wildman–Crippen MR) is 87.8 cm³/mol. The maximum Gasteiger partial charge on any atom is 0.321 e. The average molecular weight is 340 g/mol. The third kappa shape index (κ3) is 4.76. The molecule has 0 radical (unpaired) electrons. The molecule has 0 aromatic heterocycles. The number of hydrogen-bond acceptors (Lipinski definition) is 4. The van der Waals surface area contributed by atoms with Crippen LogP contribution in [0.15, 0.2) is 30.3 Å². The molecule has 128 valence electrons. The molecule has 7 heteroatoms. The topological polar surface area (TPSA) is 66.9 Å². The van der Waals surface area contributed by atoms with E-state index in [2.05, 4.69) is 4.74 Å². The van der Waals surface area contributed by atoms with Crippen molar-refractivity contribution in [1.82, 2.24) is 8.61 Å². The second-order valence-electron chi connectivity index (χ2n) is 5.94. The van der Waals surface area contributed by atoms with E-state index in [0.29, 0.717) is 19.0 Å². The Morgan fingerprint density at radius 2 is 2.04 bits per heavy atom. The van der Waals surface area contributed by atoms with Crippen molar-refractivity contribution in [2.24, 2.45) is 5.92 Å². The summed E-state index contributed by atoms with van der Waals surface area (Å²) in [6.07, 6.45) is 1.87. The van der Waals surface area contributed by atoms with Crippen molar-refractivity contribution in [2.45, 2.75) is 26.3 Å². The van der Waals surface area contributed by atoms with E-state index in [0.717, 1.165) is 18.4 Å². The van der Waals surface area contributed by atoms with E-state index in [1.54, 1.807) is 0 Å². The van der Waals surface area contributed by atoms with Gasteiger partial charge in [0.15, 0.2) is 0 Å². The van der Waals surface area contributed by atoms with Crippen LogP contribution in [0.5, 0.6) is 0 Å². The molecule has 1 unspecified atom stereocenters. The van der Waals surface area contributed by atoms with Gasteiger partial charge in [0.1, 0.15) is 6.54 Å². The first kappa shape index (κ1) is 17.9. The summed E-state index contributed by atoms with van der Waals surface area (Å²) in [6, 6.07) is 9.26. The molecule has 0 spiro atoms. The second kappa shape index (κ2) is 7.90. The Bertz CT molecular complexity index is 618. The lowest BCUT2D eigenvalue weighted by molar-refractivity contribution is -0.140. The highest BCUT2D eigenvalue weighted by Crippen LogP contribution is 2.22. The molecule has 0 amide bonds. The van der Waals surface area contributed by atoms with E-state index in [1.807, 2.05) is 37.3 Å². The molecule has 1 aromatic rings. The van der Waals surface area contributed by atoms with Crippen LogP contribution in [0.1, 0.15) is 25.3 Å². The van der Waals surface area contributed by atoms with Gasteiger partial charge < -0.3 is 4.74 Å². The van der Waals surface area contributed by atoms with Gasteiger partial charge in [0.05, 0.1) is 7.11 Å². The molecule has 1 saturated heterocycles. The highest BCUT2D eigenvalue weighted by molar-refractivity contribution is 7.86. The van der Waals surface area contributed by atoms with Crippen LogP contribution in [0.4, 0.5) is 0 Å². The van der Waals surface area contributed by atoms with Gasteiger partial charge in [-0.15, -0.1) is 0 Å². The zero-order chi connectivity index (χ0) is 16.9. The fourth-order valence-corrected chi connectivity index (χ4v) is 4.44. The summed E-state index contributed by atoms with van der Waals surface area (Å²) in [5.41, 5.74) is 0.838. The molecule has 0 bridgehead atoms. The lowest BCUT2D eigenvalue weighted by atomic mass is 10.0. The van der Waals surface area contributed by atoms with E-state index >= 15 is 0 Å². The van der Waals surface area contributed by atoms with Crippen LogP contribution >= 0.6 is 0 Å². The van der Waals surface area contributed by atoms with Crippen LogP contribution in [0.2, 0.25) is 0 Å².